The van der Waals surface area contributed by atoms with E-state index in [4.69, 9.17) is 10.7 Å². The fraction of sp³-hybridized carbons (Fsp3) is 0.200. The highest BCUT2D eigenvalue weighted by atomic mass is 35.5. The van der Waals surface area contributed by atoms with Crippen molar-refractivity contribution >= 4 is 62.0 Å². The van der Waals surface area contributed by atoms with Crippen LogP contribution in [0.1, 0.15) is 20.9 Å². The molecule has 0 radical (unpaired) electrons. The molecule has 4 heterocycles. The Morgan fingerprint density at radius 2 is 1.90 bits per heavy atom. The van der Waals surface area contributed by atoms with Gasteiger partial charge in [-0.15, -0.1) is 33.9 Å². The molecule has 154 valence electrons. The Bertz CT molecular complexity index is 1210. The molecule has 1 amide bonds. The highest BCUT2D eigenvalue weighted by Crippen LogP contribution is 2.35. The summed E-state index contributed by atoms with van der Waals surface area (Å²) in [5, 5.41) is 16.5. The minimum absolute atomic E-state index is 0. The van der Waals surface area contributed by atoms with E-state index in [0.29, 0.717) is 15.7 Å². The van der Waals surface area contributed by atoms with E-state index < -0.39 is 0 Å². The van der Waals surface area contributed by atoms with Crippen molar-refractivity contribution in [2.24, 2.45) is 0 Å². The van der Waals surface area contributed by atoms with Gasteiger partial charge in [-0.25, -0.2) is 4.98 Å². The lowest BCUT2D eigenvalue weighted by Gasteiger charge is -2.04. The van der Waals surface area contributed by atoms with Crippen molar-refractivity contribution < 1.29 is 4.79 Å². The second-order valence-corrected chi connectivity index (χ2v) is 8.75. The average molecular weight is 459 g/mol. The first-order chi connectivity index (χ1) is 14.2. The molecule has 0 saturated carbocycles. The Balaban J connectivity index is 0.00000218. The number of hydrogen-bond donors (Lipinski definition) is 3. The fourth-order valence-corrected chi connectivity index (χ4v) is 5.14. The SMILES string of the molecule is Cl.Nc1c(C(=O)Nc2nnc(-c3ccccc3)s2)sc2nc3c(cc12)CCNCC3. The lowest BCUT2D eigenvalue weighted by atomic mass is 10.1. The van der Waals surface area contributed by atoms with Gasteiger partial charge in [0.15, 0.2) is 0 Å². The highest BCUT2D eigenvalue weighted by Gasteiger charge is 2.21. The van der Waals surface area contributed by atoms with E-state index in [1.165, 1.54) is 28.2 Å². The number of anilines is 2. The van der Waals surface area contributed by atoms with Crippen molar-refractivity contribution in [2.75, 3.05) is 24.1 Å². The maximum atomic E-state index is 12.8. The monoisotopic (exact) mass is 458 g/mol. The molecule has 30 heavy (non-hydrogen) atoms. The molecule has 1 aromatic carbocycles. The van der Waals surface area contributed by atoms with Gasteiger partial charge >= 0.3 is 0 Å². The summed E-state index contributed by atoms with van der Waals surface area (Å²) >= 11 is 2.65. The van der Waals surface area contributed by atoms with Crippen LogP contribution >= 0.6 is 35.1 Å². The topological polar surface area (TPSA) is 106 Å². The Labute approximate surface area is 187 Å². The Hall–Kier alpha value is -2.59. The Morgan fingerprint density at radius 1 is 1.10 bits per heavy atom. The molecule has 0 spiro atoms. The third-order valence-electron chi connectivity index (χ3n) is 4.87. The van der Waals surface area contributed by atoms with Crippen LogP contribution in [0.15, 0.2) is 36.4 Å². The van der Waals surface area contributed by atoms with Gasteiger partial charge in [-0.1, -0.05) is 41.7 Å². The number of pyridine rings is 1. The van der Waals surface area contributed by atoms with Crippen molar-refractivity contribution in [3.05, 3.63) is 52.5 Å². The van der Waals surface area contributed by atoms with E-state index in [9.17, 15) is 4.79 Å². The number of carbonyl (C=O) groups is 1. The van der Waals surface area contributed by atoms with Gasteiger partial charge in [0, 0.05) is 29.6 Å². The summed E-state index contributed by atoms with van der Waals surface area (Å²) < 4.78 is 0. The summed E-state index contributed by atoms with van der Waals surface area (Å²) in [4.78, 5) is 18.9. The summed E-state index contributed by atoms with van der Waals surface area (Å²) in [6.45, 7) is 1.85. The molecule has 10 heteroatoms. The molecule has 3 aromatic heterocycles. The predicted molar refractivity (Wildman–Crippen MR) is 125 cm³/mol. The molecular formula is C20H19ClN6OS2. The van der Waals surface area contributed by atoms with E-state index in [0.717, 1.165) is 52.4 Å². The number of nitrogens with zero attached hydrogens (tertiary/aromatic N) is 3. The molecule has 7 nitrogen and oxygen atoms in total. The molecular weight excluding hydrogens is 440 g/mol. The van der Waals surface area contributed by atoms with Gasteiger partial charge in [-0.05, 0) is 24.6 Å². The van der Waals surface area contributed by atoms with Crippen LogP contribution in [-0.2, 0) is 12.8 Å². The maximum absolute atomic E-state index is 12.8. The van der Waals surface area contributed by atoms with Gasteiger partial charge in [0.25, 0.3) is 5.91 Å². The first-order valence-corrected chi connectivity index (χ1v) is 10.9. The predicted octanol–water partition coefficient (Wildman–Crippen LogP) is 3.76. The number of carbonyl (C=O) groups excluding carboxylic acids is 1. The smallest absolute Gasteiger partial charge is 0.269 e. The second-order valence-electron chi connectivity index (χ2n) is 6.77. The van der Waals surface area contributed by atoms with Crippen LogP contribution in [0, 0.1) is 0 Å². The lowest BCUT2D eigenvalue weighted by molar-refractivity contribution is 0.103. The van der Waals surface area contributed by atoms with Crippen LogP contribution in [0.25, 0.3) is 20.8 Å². The maximum Gasteiger partial charge on any atom is 0.269 e. The van der Waals surface area contributed by atoms with Crippen molar-refractivity contribution in [2.45, 2.75) is 12.8 Å². The number of halogens is 1. The molecule has 4 aromatic rings. The largest absolute Gasteiger partial charge is 0.397 e. The van der Waals surface area contributed by atoms with Crippen molar-refractivity contribution in [1.29, 1.82) is 0 Å². The van der Waals surface area contributed by atoms with Crippen LogP contribution in [0.2, 0.25) is 0 Å². The zero-order chi connectivity index (χ0) is 19.8. The van der Waals surface area contributed by atoms with Gasteiger partial charge in [-0.2, -0.15) is 0 Å². The quantitative estimate of drug-likeness (QED) is 0.431. The molecule has 0 saturated heterocycles. The second kappa shape index (κ2) is 8.65. The molecule has 1 aliphatic heterocycles. The van der Waals surface area contributed by atoms with Gasteiger partial charge in [0.2, 0.25) is 5.13 Å². The number of aromatic nitrogens is 3. The van der Waals surface area contributed by atoms with E-state index in [2.05, 4.69) is 26.9 Å². The Morgan fingerprint density at radius 3 is 2.73 bits per heavy atom. The minimum Gasteiger partial charge on any atom is -0.397 e. The lowest BCUT2D eigenvalue weighted by Crippen LogP contribution is -2.16. The average Bonchev–Trinajstić information content (AvgIpc) is 3.24. The molecule has 4 N–H and O–H groups in total. The number of hydrogen-bond acceptors (Lipinski definition) is 8. The minimum atomic E-state index is -0.280. The summed E-state index contributed by atoms with van der Waals surface area (Å²) in [6, 6.07) is 11.8. The zero-order valence-corrected chi connectivity index (χ0v) is 18.3. The molecule has 0 bridgehead atoms. The number of nitrogens with one attached hydrogen (secondary N) is 2. The Kier molecular flexibility index (Phi) is 5.96. The zero-order valence-electron chi connectivity index (χ0n) is 15.8. The first kappa shape index (κ1) is 20.7. The highest BCUT2D eigenvalue weighted by molar-refractivity contribution is 7.21. The molecule has 0 unspecified atom stereocenters. The summed E-state index contributed by atoms with van der Waals surface area (Å²) in [5.74, 6) is -0.280. The van der Waals surface area contributed by atoms with Crippen molar-refractivity contribution in [3.8, 4) is 10.6 Å². The van der Waals surface area contributed by atoms with Crippen molar-refractivity contribution in [3.63, 3.8) is 0 Å². The first-order valence-electron chi connectivity index (χ1n) is 9.31. The van der Waals surface area contributed by atoms with Gasteiger partial charge in [0.1, 0.15) is 14.7 Å². The molecule has 1 aliphatic rings. The number of fused-ring (bicyclic) bond motifs is 2. The fourth-order valence-electron chi connectivity index (χ4n) is 3.40. The van der Waals surface area contributed by atoms with Gasteiger partial charge in [-0.3, -0.25) is 10.1 Å². The van der Waals surface area contributed by atoms with Crippen molar-refractivity contribution in [1.82, 2.24) is 20.5 Å². The third kappa shape index (κ3) is 3.89. The van der Waals surface area contributed by atoms with E-state index in [1.54, 1.807) is 0 Å². The molecule has 5 rings (SSSR count). The van der Waals surface area contributed by atoms with Crippen LogP contribution in [-0.4, -0.2) is 34.2 Å². The summed E-state index contributed by atoms with van der Waals surface area (Å²) in [6.07, 6.45) is 1.81. The third-order valence-corrected chi connectivity index (χ3v) is 6.87. The van der Waals surface area contributed by atoms with Gasteiger partial charge < -0.3 is 11.1 Å². The molecule has 0 atom stereocenters. The van der Waals surface area contributed by atoms with E-state index >= 15 is 0 Å². The van der Waals surface area contributed by atoms with Crippen LogP contribution < -0.4 is 16.4 Å². The van der Waals surface area contributed by atoms with Gasteiger partial charge in [0.05, 0.1) is 5.69 Å². The molecule has 0 fully saturated rings. The number of benzene rings is 1. The number of amides is 1. The normalized spacial score (nSPS) is 13.3. The van der Waals surface area contributed by atoms with Crippen LogP contribution in [0.3, 0.4) is 0 Å². The summed E-state index contributed by atoms with van der Waals surface area (Å²) in [5.41, 5.74) is 10.1. The van der Waals surface area contributed by atoms with Crippen LogP contribution in [0.4, 0.5) is 10.8 Å². The molecule has 0 aliphatic carbocycles. The number of thiophene rings is 1. The summed E-state index contributed by atoms with van der Waals surface area (Å²) in [7, 11) is 0. The van der Waals surface area contributed by atoms with E-state index in [-0.39, 0.29) is 18.3 Å². The number of nitrogens with two attached hydrogens (primary N) is 1. The van der Waals surface area contributed by atoms with Crippen LogP contribution in [0.5, 0.6) is 0 Å². The van der Waals surface area contributed by atoms with E-state index in [1.807, 2.05) is 30.3 Å². The number of rotatable bonds is 3. The standard InChI is InChI=1S/C20H18N6OS2.ClH/c21-15-13-10-12-6-8-22-9-7-14(12)23-19(13)28-16(15)17(27)24-20-26-25-18(29-20)11-4-2-1-3-5-11;/h1-5,10,22H,6-9,21H2,(H,24,26,27);1H. The number of nitrogen functional groups attached to an aromatic ring is 1.